The maximum Gasteiger partial charge on any atom is 0.225 e. The summed E-state index contributed by atoms with van der Waals surface area (Å²) in [5.41, 5.74) is 1.99. The molecule has 0 spiro atoms. The van der Waals surface area contributed by atoms with Gasteiger partial charge in [-0.1, -0.05) is 36.4 Å². The number of rotatable bonds is 7. The first-order valence-corrected chi connectivity index (χ1v) is 9.59. The van der Waals surface area contributed by atoms with Gasteiger partial charge in [-0.25, -0.2) is 0 Å². The molecule has 1 aromatic carbocycles. The Morgan fingerprint density at radius 2 is 1.89 bits per heavy atom. The van der Waals surface area contributed by atoms with Gasteiger partial charge in [-0.2, -0.15) is 0 Å². The Morgan fingerprint density at radius 3 is 2.75 bits per heavy atom. The van der Waals surface area contributed by atoms with Crippen LogP contribution in [0.3, 0.4) is 0 Å². The summed E-state index contributed by atoms with van der Waals surface area (Å²) in [4.78, 5) is 26.5. The van der Waals surface area contributed by atoms with Crippen molar-refractivity contribution in [2.75, 3.05) is 19.6 Å². The zero-order chi connectivity index (χ0) is 19.3. The van der Waals surface area contributed by atoms with E-state index in [-0.39, 0.29) is 24.2 Å². The summed E-state index contributed by atoms with van der Waals surface area (Å²) in [6, 6.07) is 15.8. The fourth-order valence-corrected chi connectivity index (χ4v) is 3.58. The summed E-state index contributed by atoms with van der Waals surface area (Å²) in [7, 11) is 0. The van der Waals surface area contributed by atoms with Crippen LogP contribution in [0.5, 0.6) is 0 Å². The molecule has 1 aliphatic heterocycles. The number of fused-ring (bicyclic) bond motifs is 1. The fraction of sp³-hybridized carbons (Fsp3) is 0.333. The van der Waals surface area contributed by atoms with Crippen molar-refractivity contribution in [3.05, 3.63) is 66.1 Å². The molecule has 1 saturated heterocycles. The minimum Gasteiger partial charge on any atom is -0.355 e. The predicted octanol–water partition coefficient (Wildman–Crippen LogP) is 1.48. The number of nitrogens with zero attached hydrogens (tertiary/aromatic N) is 4. The Bertz CT molecular complexity index is 969. The Balaban J connectivity index is 1.25. The van der Waals surface area contributed by atoms with E-state index in [1.165, 1.54) is 5.56 Å². The molecule has 0 bridgehead atoms. The van der Waals surface area contributed by atoms with Crippen molar-refractivity contribution in [3.63, 3.8) is 0 Å². The highest BCUT2D eigenvalue weighted by molar-refractivity contribution is 5.89. The lowest BCUT2D eigenvalue weighted by Gasteiger charge is -2.16. The van der Waals surface area contributed by atoms with Crippen LogP contribution in [0.2, 0.25) is 0 Å². The number of aromatic nitrogens is 3. The highest BCUT2D eigenvalue weighted by Crippen LogP contribution is 2.18. The first-order chi connectivity index (χ1) is 13.7. The Labute approximate surface area is 163 Å². The lowest BCUT2D eigenvalue weighted by Crippen LogP contribution is -2.34. The molecular weight excluding hydrogens is 354 g/mol. The van der Waals surface area contributed by atoms with Gasteiger partial charge in [0.2, 0.25) is 11.8 Å². The summed E-state index contributed by atoms with van der Waals surface area (Å²) in [5, 5.41) is 11.2. The number of benzene rings is 1. The van der Waals surface area contributed by atoms with Gasteiger partial charge in [0.1, 0.15) is 5.82 Å². The normalized spacial score (nSPS) is 16.6. The van der Waals surface area contributed by atoms with E-state index in [4.69, 9.17) is 0 Å². The Morgan fingerprint density at radius 1 is 1.07 bits per heavy atom. The lowest BCUT2D eigenvalue weighted by molar-refractivity contribution is -0.129. The molecule has 1 fully saturated rings. The van der Waals surface area contributed by atoms with Crippen LogP contribution in [0.25, 0.3) is 5.65 Å². The molecule has 7 nitrogen and oxygen atoms in total. The van der Waals surface area contributed by atoms with Crippen molar-refractivity contribution in [2.24, 2.45) is 5.92 Å². The van der Waals surface area contributed by atoms with Crippen molar-refractivity contribution in [1.29, 1.82) is 0 Å². The third-order valence-corrected chi connectivity index (χ3v) is 5.13. The second-order valence-corrected chi connectivity index (χ2v) is 7.06. The summed E-state index contributed by atoms with van der Waals surface area (Å²) in [6.07, 6.45) is 3.59. The monoisotopic (exact) mass is 377 g/mol. The van der Waals surface area contributed by atoms with Gasteiger partial charge < -0.3 is 10.2 Å². The van der Waals surface area contributed by atoms with Crippen LogP contribution < -0.4 is 5.32 Å². The van der Waals surface area contributed by atoms with Crippen molar-refractivity contribution in [1.82, 2.24) is 24.8 Å². The molecule has 3 heterocycles. The topological polar surface area (TPSA) is 79.6 Å². The molecule has 0 radical (unpaired) electrons. The van der Waals surface area contributed by atoms with Crippen molar-refractivity contribution in [3.8, 4) is 0 Å². The predicted molar refractivity (Wildman–Crippen MR) is 105 cm³/mol. The molecule has 3 aromatic rings. The first-order valence-electron chi connectivity index (χ1n) is 9.59. The molecular formula is C21H23N5O2. The van der Waals surface area contributed by atoms with E-state index in [0.29, 0.717) is 26.1 Å². The molecule has 2 aromatic heterocycles. The summed E-state index contributed by atoms with van der Waals surface area (Å²) < 4.78 is 1.91. The Hall–Kier alpha value is -3.22. The van der Waals surface area contributed by atoms with Gasteiger partial charge in [-0.05, 0) is 24.1 Å². The van der Waals surface area contributed by atoms with E-state index in [2.05, 4.69) is 27.6 Å². The molecule has 4 rings (SSSR count). The number of nitrogens with one attached hydrogen (secondary N) is 1. The second kappa shape index (κ2) is 8.21. The zero-order valence-corrected chi connectivity index (χ0v) is 15.6. The minimum atomic E-state index is -0.279. The van der Waals surface area contributed by atoms with Crippen LogP contribution in [0.1, 0.15) is 17.8 Å². The number of hydrogen-bond acceptors (Lipinski definition) is 4. The van der Waals surface area contributed by atoms with Gasteiger partial charge in [0, 0.05) is 38.7 Å². The van der Waals surface area contributed by atoms with Crippen molar-refractivity contribution < 1.29 is 9.59 Å². The third kappa shape index (κ3) is 4.03. The van der Waals surface area contributed by atoms with Crippen molar-refractivity contribution >= 4 is 17.5 Å². The average Bonchev–Trinajstić information content (AvgIpc) is 3.31. The number of likely N-dealkylation sites (tertiary alicyclic amines) is 1. The third-order valence-electron chi connectivity index (χ3n) is 5.13. The summed E-state index contributed by atoms with van der Waals surface area (Å²) >= 11 is 0. The SMILES string of the molecule is O=C(NCCc1nnc2ccccn12)C1CC(=O)N(CCc2ccccc2)C1. The maximum atomic E-state index is 12.5. The van der Waals surface area contributed by atoms with Crippen LogP contribution in [-0.4, -0.2) is 50.9 Å². The maximum absolute atomic E-state index is 12.5. The number of pyridine rings is 1. The summed E-state index contributed by atoms with van der Waals surface area (Å²) in [6.45, 7) is 1.62. The molecule has 28 heavy (non-hydrogen) atoms. The van der Waals surface area contributed by atoms with Gasteiger partial charge >= 0.3 is 0 Å². The van der Waals surface area contributed by atoms with E-state index in [9.17, 15) is 9.59 Å². The molecule has 2 amide bonds. The molecule has 0 aliphatic carbocycles. The molecule has 0 saturated carbocycles. The molecule has 1 atom stereocenters. The largest absolute Gasteiger partial charge is 0.355 e. The quantitative estimate of drug-likeness (QED) is 0.676. The molecule has 144 valence electrons. The molecule has 1 aliphatic rings. The molecule has 7 heteroatoms. The highest BCUT2D eigenvalue weighted by atomic mass is 16.2. The smallest absolute Gasteiger partial charge is 0.225 e. The van der Waals surface area contributed by atoms with Crippen LogP contribution in [0.15, 0.2) is 54.7 Å². The van der Waals surface area contributed by atoms with E-state index >= 15 is 0 Å². The average molecular weight is 377 g/mol. The van der Waals surface area contributed by atoms with E-state index in [1.807, 2.05) is 47.0 Å². The first kappa shape index (κ1) is 18.2. The zero-order valence-electron chi connectivity index (χ0n) is 15.6. The number of hydrogen-bond donors (Lipinski definition) is 1. The minimum absolute atomic E-state index is 0.0551. The van der Waals surface area contributed by atoms with Gasteiger partial charge in [0.25, 0.3) is 0 Å². The van der Waals surface area contributed by atoms with E-state index < -0.39 is 0 Å². The van der Waals surface area contributed by atoms with E-state index in [1.54, 1.807) is 4.90 Å². The lowest BCUT2D eigenvalue weighted by atomic mass is 10.1. The van der Waals surface area contributed by atoms with Gasteiger partial charge in [0.05, 0.1) is 5.92 Å². The van der Waals surface area contributed by atoms with Gasteiger partial charge in [-0.3, -0.25) is 14.0 Å². The fourth-order valence-electron chi connectivity index (χ4n) is 3.58. The molecule has 1 unspecified atom stereocenters. The summed E-state index contributed by atoms with van der Waals surface area (Å²) in [5.74, 6) is 0.519. The number of carbonyl (C=O) groups is 2. The van der Waals surface area contributed by atoms with Crippen LogP contribution in [0.4, 0.5) is 0 Å². The highest BCUT2D eigenvalue weighted by Gasteiger charge is 2.33. The Kier molecular flexibility index (Phi) is 5.32. The second-order valence-electron chi connectivity index (χ2n) is 7.06. The van der Waals surface area contributed by atoms with E-state index in [0.717, 1.165) is 17.9 Å². The van der Waals surface area contributed by atoms with Gasteiger partial charge in [-0.15, -0.1) is 10.2 Å². The number of carbonyl (C=O) groups excluding carboxylic acids is 2. The van der Waals surface area contributed by atoms with Crippen LogP contribution in [-0.2, 0) is 22.4 Å². The molecule has 1 N–H and O–H groups in total. The standard InChI is InChI=1S/C21H23N5O2/c27-20-14-17(15-25(20)13-10-16-6-2-1-3-7-16)21(28)22-11-9-19-24-23-18-8-4-5-12-26(18)19/h1-8,12,17H,9-11,13-15H2,(H,22,28). The van der Waals surface area contributed by atoms with Crippen LogP contribution >= 0.6 is 0 Å². The number of amides is 2. The van der Waals surface area contributed by atoms with Crippen molar-refractivity contribution in [2.45, 2.75) is 19.3 Å². The van der Waals surface area contributed by atoms with Gasteiger partial charge in [0.15, 0.2) is 5.65 Å². The van der Waals surface area contributed by atoms with Crippen LogP contribution in [0, 0.1) is 5.92 Å².